The Morgan fingerprint density at radius 3 is 3.05 bits per heavy atom. The van der Waals surface area contributed by atoms with E-state index in [1.165, 1.54) is 23.1 Å². The molecule has 0 saturated carbocycles. The number of fused-ring (bicyclic) bond motifs is 1. The zero-order chi connectivity index (χ0) is 15.0. The molecule has 0 aliphatic rings. The van der Waals surface area contributed by atoms with Gasteiger partial charge in [-0.05, 0) is 18.2 Å². The third-order valence-corrected chi connectivity index (χ3v) is 4.23. The SMILES string of the molecule is COc1nn(C)cc1C(=O)Nc1nc2ccc(Br)cc2s1. The van der Waals surface area contributed by atoms with Crippen molar-refractivity contribution in [2.24, 2.45) is 7.05 Å². The van der Waals surface area contributed by atoms with E-state index in [1.54, 1.807) is 13.2 Å². The summed E-state index contributed by atoms with van der Waals surface area (Å²) < 4.78 is 8.59. The van der Waals surface area contributed by atoms with E-state index in [1.807, 2.05) is 18.2 Å². The number of carbonyl (C=O) groups excluding carboxylic acids is 1. The predicted octanol–water partition coefficient (Wildman–Crippen LogP) is 3.05. The summed E-state index contributed by atoms with van der Waals surface area (Å²) >= 11 is 4.83. The Hall–Kier alpha value is -1.93. The lowest BCUT2D eigenvalue weighted by Gasteiger charge is -2.00. The first-order chi connectivity index (χ1) is 10.1. The van der Waals surface area contributed by atoms with Gasteiger partial charge in [0.1, 0.15) is 5.56 Å². The molecule has 0 aliphatic carbocycles. The molecule has 0 radical (unpaired) electrons. The Balaban J connectivity index is 1.88. The smallest absolute Gasteiger partial charge is 0.264 e. The van der Waals surface area contributed by atoms with Gasteiger partial charge in [0.15, 0.2) is 5.13 Å². The van der Waals surface area contributed by atoms with E-state index in [-0.39, 0.29) is 5.91 Å². The first-order valence-corrected chi connectivity index (χ1v) is 7.63. The highest BCUT2D eigenvalue weighted by Gasteiger charge is 2.17. The lowest BCUT2D eigenvalue weighted by molar-refractivity contribution is 0.102. The second-order valence-electron chi connectivity index (χ2n) is 4.31. The maximum Gasteiger partial charge on any atom is 0.264 e. The predicted molar refractivity (Wildman–Crippen MR) is 85.0 cm³/mol. The van der Waals surface area contributed by atoms with Crippen molar-refractivity contribution < 1.29 is 9.53 Å². The molecule has 8 heteroatoms. The number of methoxy groups -OCH3 is 1. The third kappa shape index (κ3) is 2.77. The fraction of sp³-hybridized carbons (Fsp3) is 0.154. The molecule has 3 rings (SSSR count). The van der Waals surface area contributed by atoms with Gasteiger partial charge < -0.3 is 4.74 Å². The Bertz CT molecular complexity index is 827. The van der Waals surface area contributed by atoms with Gasteiger partial charge in [0.2, 0.25) is 5.88 Å². The highest BCUT2D eigenvalue weighted by atomic mass is 79.9. The zero-order valence-corrected chi connectivity index (χ0v) is 13.7. The highest BCUT2D eigenvalue weighted by Crippen LogP contribution is 2.29. The van der Waals surface area contributed by atoms with E-state index >= 15 is 0 Å². The number of thiazole rings is 1. The molecule has 2 aromatic heterocycles. The minimum atomic E-state index is -0.293. The lowest BCUT2D eigenvalue weighted by atomic mass is 10.3. The van der Waals surface area contributed by atoms with Crippen molar-refractivity contribution in [2.75, 3.05) is 12.4 Å². The standard InChI is InChI=1S/C13H11BrN4O2S/c1-18-6-8(12(17-18)20-2)11(19)16-13-15-9-4-3-7(14)5-10(9)21-13/h3-6H,1-2H3,(H,15,16,19). The average molecular weight is 367 g/mol. The van der Waals surface area contributed by atoms with Crippen molar-refractivity contribution in [2.45, 2.75) is 0 Å². The van der Waals surface area contributed by atoms with Crippen LogP contribution in [0.2, 0.25) is 0 Å². The molecule has 0 fully saturated rings. The summed E-state index contributed by atoms with van der Waals surface area (Å²) in [6.07, 6.45) is 1.61. The van der Waals surface area contributed by atoms with Crippen LogP contribution in [0.15, 0.2) is 28.9 Å². The first-order valence-electron chi connectivity index (χ1n) is 6.02. The van der Waals surface area contributed by atoms with Gasteiger partial charge in [-0.1, -0.05) is 27.3 Å². The molecule has 0 spiro atoms. The van der Waals surface area contributed by atoms with E-state index in [0.717, 1.165) is 14.7 Å². The van der Waals surface area contributed by atoms with Gasteiger partial charge in [0, 0.05) is 17.7 Å². The maximum atomic E-state index is 12.3. The number of ether oxygens (including phenoxy) is 1. The molecular weight excluding hydrogens is 356 g/mol. The number of aryl methyl sites for hydroxylation is 1. The summed E-state index contributed by atoms with van der Waals surface area (Å²) in [7, 11) is 3.21. The maximum absolute atomic E-state index is 12.3. The monoisotopic (exact) mass is 366 g/mol. The van der Waals surface area contributed by atoms with Gasteiger partial charge in [-0.15, -0.1) is 5.10 Å². The molecule has 1 amide bonds. The van der Waals surface area contributed by atoms with Crippen molar-refractivity contribution in [1.82, 2.24) is 14.8 Å². The normalized spacial score (nSPS) is 10.8. The average Bonchev–Trinajstić information content (AvgIpc) is 3.00. The van der Waals surface area contributed by atoms with Crippen LogP contribution in [0, 0.1) is 0 Å². The van der Waals surface area contributed by atoms with E-state index < -0.39 is 0 Å². The minimum Gasteiger partial charge on any atom is -0.479 e. The van der Waals surface area contributed by atoms with Gasteiger partial charge in [-0.3, -0.25) is 14.8 Å². The number of nitrogens with one attached hydrogen (secondary N) is 1. The number of hydrogen-bond acceptors (Lipinski definition) is 5. The molecule has 0 atom stereocenters. The quantitative estimate of drug-likeness (QED) is 0.773. The molecular formula is C13H11BrN4O2S. The van der Waals surface area contributed by atoms with Crippen LogP contribution in [-0.4, -0.2) is 27.8 Å². The Morgan fingerprint density at radius 2 is 2.29 bits per heavy atom. The number of hydrogen-bond donors (Lipinski definition) is 1. The number of carbonyl (C=O) groups is 1. The van der Waals surface area contributed by atoms with E-state index in [0.29, 0.717) is 16.6 Å². The summed E-state index contributed by atoms with van der Waals surface area (Å²) in [5, 5.41) is 7.37. The topological polar surface area (TPSA) is 69.0 Å². The van der Waals surface area contributed by atoms with E-state index in [9.17, 15) is 4.79 Å². The summed E-state index contributed by atoms with van der Waals surface area (Å²) in [5.41, 5.74) is 1.22. The number of halogens is 1. The first kappa shape index (κ1) is 14.0. The molecule has 0 unspecified atom stereocenters. The summed E-state index contributed by atoms with van der Waals surface area (Å²) in [4.78, 5) is 16.6. The fourth-order valence-electron chi connectivity index (χ4n) is 1.89. The molecule has 6 nitrogen and oxygen atoms in total. The van der Waals surface area contributed by atoms with Crippen LogP contribution in [-0.2, 0) is 7.05 Å². The molecule has 0 bridgehead atoms. The van der Waals surface area contributed by atoms with Crippen LogP contribution in [0.25, 0.3) is 10.2 Å². The molecule has 1 N–H and O–H groups in total. The van der Waals surface area contributed by atoms with Gasteiger partial charge >= 0.3 is 0 Å². The minimum absolute atomic E-state index is 0.291. The molecule has 1 aromatic carbocycles. The molecule has 0 aliphatic heterocycles. The van der Waals surface area contributed by atoms with Crippen molar-refractivity contribution >= 4 is 48.5 Å². The van der Waals surface area contributed by atoms with Gasteiger partial charge in [0.25, 0.3) is 5.91 Å². The van der Waals surface area contributed by atoms with Gasteiger partial charge in [-0.2, -0.15) is 0 Å². The van der Waals surface area contributed by atoms with Gasteiger partial charge in [0.05, 0.1) is 17.3 Å². The Morgan fingerprint density at radius 1 is 1.48 bits per heavy atom. The van der Waals surface area contributed by atoms with Crippen LogP contribution < -0.4 is 10.1 Å². The zero-order valence-electron chi connectivity index (χ0n) is 11.3. The second kappa shape index (κ2) is 5.45. The van der Waals surface area contributed by atoms with Crippen molar-refractivity contribution in [3.63, 3.8) is 0 Å². The van der Waals surface area contributed by atoms with Crippen molar-refractivity contribution in [3.05, 3.63) is 34.4 Å². The summed E-state index contributed by atoms with van der Waals surface area (Å²) in [6, 6.07) is 5.78. The Labute approximate surface area is 132 Å². The number of amides is 1. The number of anilines is 1. The van der Waals surface area contributed by atoms with Crippen LogP contribution in [0.4, 0.5) is 5.13 Å². The third-order valence-electron chi connectivity index (χ3n) is 2.80. The van der Waals surface area contributed by atoms with Crippen LogP contribution in [0.3, 0.4) is 0 Å². The molecule has 21 heavy (non-hydrogen) atoms. The molecule has 3 aromatic rings. The molecule has 0 saturated heterocycles. The number of benzene rings is 1. The Kier molecular flexibility index (Phi) is 3.64. The lowest BCUT2D eigenvalue weighted by Crippen LogP contribution is -2.12. The molecule has 2 heterocycles. The largest absolute Gasteiger partial charge is 0.479 e. The summed E-state index contributed by atoms with van der Waals surface area (Å²) in [5.74, 6) is -0.00285. The second-order valence-corrected chi connectivity index (χ2v) is 6.26. The fourth-order valence-corrected chi connectivity index (χ4v) is 3.30. The van der Waals surface area contributed by atoms with Crippen LogP contribution in [0.5, 0.6) is 5.88 Å². The van der Waals surface area contributed by atoms with E-state index in [4.69, 9.17) is 4.74 Å². The van der Waals surface area contributed by atoms with E-state index in [2.05, 4.69) is 31.3 Å². The summed E-state index contributed by atoms with van der Waals surface area (Å²) in [6.45, 7) is 0. The van der Waals surface area contributed by atoms with Crippen molar-refractivity contribution in [1.29, 1.82) is 0 Å². The number of aromatic nitrogens is 3. The molecule has 108 valence electrons. The number of nitrogens with zero attached hydrogens (tertiary/aromatic N) is 3. The van der Waals surface area contributed by atoms with Gasteiger partial charge in [-0.25, -0.2) is 4.98 Å². The van der Waals surface area contributed by atoms with Crippen LogP contribution in [0.1, 0.15) is 10.4 Å². The number of rotatable bonds is 3. The van der Waals surface area contributed by atoms with Crippen molar-refractivity contribution in [3.8, 4) is 5.88 Å². The highest BCUT2D eigenvalue weighted by molar-refractivity contribution is 9.10. The van der Waals surface area contributed by atoms with Crippen LogP contribution >= 0.6 is 27.3 Å².